The van der Waals surface area contributed by atoms with E-state index in [9.17, 15) is 0 Å². The van der Waals surface area contributed by atoms with E-state index in [1.54, 1.807) is 11.3 Å². The third kappa shape index (κ3) is 6.44. The first-order valence-corrected chi connectivity index (χ1v) is 26.9. The van der Waals surface area contributed by atoms with Gasteiger partial charge in [-0.25, -0.2) is 0 Å². The molecule has 0 bridgehead atoms. The van der Waals surface area contributed by atoms with Gasteiger partial charge in [0, 0.05) is 65.6 Å². The number of hydrogen-bond donors (Lipinski definition) is 0. The Morgan fingerprint density at radius 2 is 0.766 bits per heavy atom. The molecule has 0 saturated carbocycles. The highest BCUT2D eigenvalue weighted by Gasteiger charge is 2.47. The molecule has 4 aliphatic heterocycles. The molecular weight excluding hydrogens is 962 g/mol. The van der Waals surface area contributed by atoms with Crippen LogP contribution in [-0.4, -0.2) is 13.4 Å². The van der Waals surface area contributed by atoms with Crippen LogP contribution in [0.1, 0.15) is 0 Å². The molecule has 0 radical (unpaired) electrons. The molecule has 358 valence electrons. The molecule has 13 aromatic rings. The lowest BCUT2D eigenvalue weighted by atomic mass is 9.34. The Balaban J connectivity index is 0.893. The van der Waals surface area contributed by atoms with Crippen molar-refractivity contribution in [1.29, 1.82) is 0 Å². The number of benzene rings is 10. The van der Waals surface area contributed by atoms with Gasteiger partial charge in [0.15, 0.2) is 5.88 Å². The number of anilines is 6. The predicted octanol–water partition coefficient (Wildman–Crippen LogP) is 14.7. The van der Waals surface area contributed by atoms with Crippen LogP contribution in [0.2, 0.25) is 0 Å². The number of rotatable bonds is 6. The molecule has 10 aromatic carbocycles. The smallest absolute Gasteiger partial charge is 0.301 e. The summed E-state index contributed by atoms with van der Waals surface area (Å²) in [5.41, 5.74) is 17.9. The molecule has 0 unspecified atom stereocenters. The maximum absolute atomic E-state index is 7.26. The summed E-state index contributed by atoms with van der Waals surface area (Å²) in [6.45, 7) is -0.454. The zero-order chi connectivity index (χ0) is 50.3. The molecular formula is C68H40B2N2O4S. The lowest BCUT2D eigenvalue weighted by Crippen LogP contribution is -2.59. The zero-order valence-corrected chi connectivity index (χ0v) is 42.0. The minimum Gasteiger partial charge on any atom is -0.468 e. The van der Waals surface area contributed by atoms with Crippen LogP contribution < -0.4 is 52.2 Å². The van der Waals surface area contributed by atoms with Crippen LogP contribution in [0.3, 0.4) is 0 Å². The minimum atomic E-state index is -0.262. The molecule has 0 spiro atoms. The number of nitrogens with zero attached hydrogens (tertiary/aromatic N) is 2. The van der Waals surface area contributed by atoms with Gasteiger partial charge in [0.25, 0.3) is 6.71 Å². The van der Waals surface area contributed by atoms with Crippen LogP contribution in [0.4, 0.5) is 34.3 Å². The van der Waals surface area contributed by atoms with Crippen LogP contribution in [0.25, 0.3) is 65.1 Å². The predicted molar refractivity (Wildman–Crippen MR) is 317 cm³/mol. The zero-order valence-electron chi connectivity index (χ0n) is 41.2. The number of para-hydroxylation sites is 2. The summed E-state index contributed by atoms with van der Waals surface area (Å²) in [5.74, 6) is 5.76. The third-order valence-electron chi connectivity index (χ3n) is 16.0. The Morgan fingerprint density at radius 3 is 1.30 bits per heavy atom. The molecule has 17 rings (SSSR count). The monoisotopic (exact) mass is 1000 g/mol. The quantitative estimate of drug-likeness (QED) is 0.155. The van der Waals surface area contributed by atoms with Crippen LogP contribution in [0.5, 0.6) is 23.0 Å². The van der Waals surface area contributed by atoms with Crippen molar-refractivity contribution in [1.82, 2.24) is 0 Å². The van der Waals surface area contributed by atoms with Crippen molar-refractivity contribution < 1.29 is 18.3 Å². The SMILES string of the molecule is c1ccc(-c2cc3c4c(c2)N(c2ccccc2)c2cc(-c5ccccc5)oc2B4c2cc4c(cc2O3)sc2cc3c(cc24)B2c4cc(-c5ccccc5)oc4N(c4ccccc4)c4cc(-c5ccccc5)cc(c42)O3)cc1. The molecule has 6 nitrogen and oxygen atoms in total. The van der Waals surface area contributed by atoms with Gasteiger partial charge in [-0.15, -0.1) is 11.3 Å². The molecule has 77 heavy (non-hydrogen) atoms. The topological polar surface area (TPSA) is 51.2 Å². The fraction of sp³-hybridized carbons (Fsp3) is 0. The normalized spacial score (nSPS) is 13.3. The lowest BCUT2D eigenvalue weighted by Gasteiger charge is -2.38. The van der Waals surface area contributed by atoms with Crippen molar-refractivity contribution in [2.24, 2.45) is 0 Å². The first kappa shape index (κ1) is 42.6. The summed E-state index contributed by atoms with van der Waals surface area (Å²) in [6, 6.07) is 86.1. The van der Waals surface area contributed by atoms with E-state index in [-0.39, 0.29) is 13.4 Å². The van der Waals surface area contributed by atoms with E-state index in [0.29, 0.717) is 0 Å². The number of ether oxygens (including phenoxy) is 2. The first-order valence-electron chi connectivity index (χ1n) is 26.1. The molecule has 0 atom stereocenters. The second-order valence-electron chi connectivity index (χ2n) is 20.3. The molecule has 4 aliphatic rings. The average molecular weight is 1000 g/mol. The Morgan fingerprint density at radius 1 is 0.325 bits per heavy atom. The van der Waals surface area contributed by atoms with E-state index < -0.39 is 0 Å². The minimum absolute atomic E-state index is 0.192. The standard InChI is InChI=1S/C68H40B2N2O4S/c1-7-19-41(20-8-1)45-31-54-66-62(34-45)74-60-40-64-50(36-52(60)70(66)67-56(71(54)47-27-15-5-16-28-47)38-58(75-67)44-25-13-4-14-26-44)49-35-51-59(39-63(49)77-64)73-61-33-46(42-21-9-2-10-22-42)32-55-65(61)69(51)53-37-57(43-23-11-3-12-24-43)76-68(53)72(55)48-29-17-6-18-30-48/h1-40H. The van der Waals surface area contributed by atoms with Gasteiger partial charge in [-0.3, -0.25) is 4.90 Å². The summed E-state index contributed by atoms with van der Waals surface area (Å²) in [5, 5.41) is 2.32. The van der Waals surface area contributed by atoms with Gasteiger partial charge >= 0.3 is 6.71 Å². The molecule has 0 amide bonds. The van der Waals surface area contributed by atoms with Gasteiger partial charge in [0.1, 0.15) is 34.5 Å². The van der Waals surface area contributed by atoms with E-state index >= 15 is 0 Å². The molecule has 7 heterocycles. The van der Waals surface area contributed by atoms with E-state index in [1.165, 1.54) is 0 Å². The van der Waals surface area contributed by atoms with E-state index in [0.717, 1.165) is 155 Å². The second kappa shape index (κ2) is 16.4. The highest BCUT2D eigenvalue weighted by atomic mass is 32.1. The van der Waals surface area contributed by atoms with Gasteiger partial charge in [0.2, 0.25) is 0 Å². The van der Waals surface area contributed by atoms with Crippen LogP contribution in [-0.2, 0) is 0 Å². The molecule has 0 N–H and O–H groups in total. The van der Waals surface area contributed by atoms with E-state index in [2.05, 4.69) is 240 Å². The number of fused-ring (bicyclic) bond motifs is 11. The number of furan rings is 2. The van der Waals surface area contributed by atoms with Crippen molar-refractivity contribution in [3.05, 3.63) is 243 Å². The third-order valence-corrected chi connectivity index (χ3v) is 17.1. The van der Waals surface area contributed by atoms with Gasteiger partial charge in [-0.2, -0.15) is 0 Å². The first-order chi connectivity index (χ1) is 38.1. The molecule has 0 fully saturated rings. The van der Waals surface area contributed by atoms with Gasteiger partial charge in [-0.1, -0.05) is 170 Å². The van der Waals surface area contributed by atoms with Crippen molar-refractivity contribution >= 4 is 112 Å². The summed E-state index contributed by atoms with van der Waals surface area (Å²) >= 11 is 1.77. The van der Waals surface area contributed by atoms with Crippen molar-refractivity contribution in [2.45, 2.75) is 0 Å². The summed E-state index contributed by atoms with van der Waals surface area (Å²) in [7, 11) is 0. The Kier molecular flexibility index (Phi) is 9.08. The van der Waals surface area contributed by atoms with Gasteiger partial charge < -0.3 is 23.2 Å². The lowest BCUT2D eigenvalue weighted by molar-refractivity contribution is 0.488. The maximum Gasteiger partial charge on any atom is 0.301 e. The van der Waals surface area contributed by atoms with Crippen molar-refractivity contribution in [2.75, 3.05) is 9.80 Å². The Hall–Kier alpha value is -9.69. The highest BCUT2D eigenvalue weighted by Crippen LogP contribution is 2.49. The summed E-state index contributed by atoms with van der Waals surface area (Å²) in [6.07, 6.45) is 0. The fourth-order valence-corrected chi connectivity index (χ4v) is 13.7. The van der Waals surface area contributed by atoms with Gasteiger partial charge in [-0.05, 0) is 111 Å². The Bertz CT molecular complexity index is 4240. The molecule has 9 heteroatoms. The number of thiophene rings is 1. The largest absolute Gasteiger partial charge is 0.468 e. The molecule has 3 aromatic heterocycles. The molecule has 0 saturated heterocycles. The Labute approximate surface area is 448 Å². The van der Waals surface area contributed by atoms with Crippen LogP contribution in [0, 0.1) is 0 Å². The van der Waals surface area contributed by atoms with E-state index in [4.69, 9.17) is 18.3 Å². The number of hydrogen-bond acceptors (Lipinski definition) is 7. The van der Waals surface area contributed by atoms with Crippen LogP contribution in [0.15, 0.2) is 251 Å². The van der Waals surface area contributed by atoms with Crippen LogP contribution >= 0.6 is 11.3 Å². The van der Waals surface area contributed by atoms with Crippen molar-refractivity contribution in [3.63, 3.8) is 0 Å². The summed E-state index contributed by atoms with van der Waals surface area (Å²) in [4.78, 5) is 4.64. The highest BCUT2D eigenvalue weighted by molar-refractivity contribution is 7.26. The van der Waals surface area contributed by atoms with E-state index in [1.807, 2.05) is 12.1 Å². The summed E-state index contributed by atoms with van der Waals surface area (Å²) < 4.78 is 31.1. The molecule has 0 aliphatic carbocycles. The van der Waals surface area contributed by atoms with Crippen molar-refractivity contribution in [3.8, 4) is 67.9 Å². The maximum atomic E-state index is 7.26. The second-order valence-corrected chi connectivity index (χ2v) is 21.4. The fourth-order valence-electron chi connectivity index (χ4n) is 12.5. The van der Waals surface area contributed by atoms with Gasteiger partial charge in [0.05, 0.1) is 11.3 Å². The average Bonchev–Trinajstić information content (AvgIpc) is 4.46.